The molecule has 23 heteroatoms. The molecule has 2 N–H and O–H groups in total. The number of hydrogen-bond acceptors (Lipinski definition) is 11. The van der Waals surface area contributed by atoms with Gasteiger partial charge in [0.05, 0.1) is 37.4 Å². The molecule has 0 spiro atoms. The van der Waals surface area contributed by atoms with Gasteiger partial charge in [0.15, 0.2) is 22.9 Å². The van der Waals surface area contributed by atoms with Gasteiger partial charge in [-0.1, -0.05) is 43.8 Å². The number of halogens is 6. The minimum Gasteiger partial charge on any atom is -1.00 e. The number of rotatable bonds is 9. The Morgan fingerprint density at radius 3 is 1.84 bits per heavy atom. The predicted octanol–water partition coefficient (Wildman–Crippen LogP) is -1.44. The van der Waals surface area contributed by atoms with E-state index in [4.69, 9.17) is 27.9 Å². The second-order valence-electron chi connectivity index (χ2n) is 10.9. The molecule has 1 saturated heterocycles. The number of aromatic amines is 1. The Hall–Kier alpha value is -2.76. The van der Waals surface area contributed by atoms with Crippen molar-refractivity contribution in [1.82, 2.24) is 29.9 Å². The van der Waals surface area contributed by atoms with Crippen LogP contribution in [0.2, 0.25) is 0 Å². The minimum atomic E-state index is -4.69. The third kappa shape index (κ3) is 18.4. The molecule has 4 aromatic rings. The molecule has 2 aromatic carbocycles. The molecule has 5 rings (SSSR count). The fourth-order valence-corrected chi connectivity index (χ4v) is 3.94. The van der Waals surface area contributed by atoms with E-state index in [0.717, 1.165) is 24.3 Å². The van der Waals surface area contributed by atoms with E-state index in [-0.39, 0.29) is 148 Å². The summed E-state index contributed by atoms with van der Waals surface area (Å²) in [6.07, 6.45) is -4.31. The molecule has 15 nitrogen and oxygen atoms in total. The largest absolute Gasteiger partial charge is 1.00 e. The van der Waals surface area contributed by atoms with Crippen molar-refractivity contribution < 1.29 is 165 Å². The average molecular weight is 833 g/mol. The second kappa shape index (κ2) is 24.8. The van der Waals surface area contributed by atoms with Gasteiger partial charge in [0.1, 0.15) is 36.5 Å². The Labute approximate surface area is 397 Å². The number of aliphatic hydroxyl groups is 1. The number of ether oxygens (including phenoxy) is 1. The minimum absolute atomic E-state index is 0. The van der Waals surface area contributed by atoms with Crippen molar-refractivity contribution in [1.29, 1.82) is 0 Å². The summed E-state index contributed by atoms with van der Waals surface area (Å²) in [6, 6.07) is 6.37. The zero-order chi connectivity index (χ0) is 39.2. The standard InChI is InChI=1S/C15H13F3N4O2.C13H10F3NO2.C2H3N3.CH2O3.CH4.2K.H/c1-14(24,7-22-9-20-8-21-22)13(23)6-10-3-4-12(19-2)11(5-10)15(16,17)18;1-12(7-19-12)11(18)6-8-3-4-10(17-2)9(5-8)13(14,15)16;1-3-2-5-4-1;2-1-4-3;;;;/h3-5,8-9,24H,6-7H2,1H3;3-5H,6-7H2,1H3;1-2H,(H,3,4,5);1,3H;1H4;;;/q;;;;;2*+1;-1/p-1/t14-;12-;;;;;;/m00....../s1. The topological polar surface area (TPSA) is 197 Å². The molecule has 0 bridgehead atoms. The molecule has 0 unspecified atom stereocenters. The first-order valence-corrected chi connectivity index (χ1v) is 14.2. The molecule has 1 fully saturated rings. The molecule has 3 heterocycles. The van der Waals surface area contributed by atoms with Gasteiger partial charge in [-0.25, -0.2) is 24.3 Å². The number of nitrogens with zero attached hydrogens (tertiary/aromatic N) is 7. The van der Waals surface area contributed by atoms with Crippen molar-refractivity contribution in [3.05, 3.63) is 107 Å². The maximum absolute atomic E-state index is 12.9. The number of carbonyl (C=O) groups excluding carboxylic acids is 3. The molecular weight excluding hydrogens is 801 g/mol. The van der Waals surface area contributed by atoms with Gasteiger partial charge in [-0.05, 0) is 25.0 Å². The summed E-state index contributed by atoms with van der Waals surface area (Å²) in [5.41, 5.74) is -5.46. The number of hydrogen-bond donors (Lipinski definition) is 2. The molecule has 0 amide bonds. The fourth-order valence-electron chi connectivity index (χ4n) is 3.94. The number of ketones is 2. The third-order valence-electron chi connectivity index (χ3n) is 6.78. The Morgan fingerprint density at radius 1 is 1.02 bits per heavy atom. The Kier molecular flexibility index (Phi) is 24.5. The van der Waals surface area contributed by atoms with E-state index in [1.54, 1.807) is 6.92 Å². The monoisotopic (exact) mass is 832 g/mol. The summed E-state index contributed by atoms with van der Waals surface area (Å²) in [4.78, 5) is 48.1. The molecule has 286 valence electrons. The summed E-state index contributed by atoms with van der Waals surface area (Å²) in [5, 5.41) is 28.4. The number of epoxide rings is 1. The summed E-state index contributed by atoms with van der Waals surface area (Å²) < 4.78 is 83.3. The number of Topliss-reactive ketones (excluding diaryl/α,β-unsaturated/α-hetero) is 2. The normalized spacial score (nSPS) is 14.8. The van der Waals surface area contributed by atoms with Crippen LogP contribution in [-0.4, -0.2) is 70.9 Å². The molecule has 0 aliphatic carbocycles. The van der Waals surface area contributed by atoms with Crippen molar-refractivity contribution >= 4 is 29.4 Å². The van der Waals surface area contributed by atoms with Crippen molar-refractivity contribution in [3.63, 3.8) is 0 Å². The maximum Gasteiger partial charge on any atom is 1.00 e. The Balaban J connectivity index is -0.000000783. The number of benzene rings is 2. The van der Waals surface area contributed by atoms with Crippen molar-refractivity contribution in [2.45, 2.75) is 64.2 Å². The van der Waals surface area contributed by atoms with Crippen LogP contribution in [0.15, 0.2) is 61.7 Å². The predicted molar refractivity (Wildman–Crippen MR) is 169 cm³/mol. The third-order valence-corrected chi connectivity index (χ3v) is 6.78. The number of carbonyl (C=O) groups is 3. The first-order chi connectivity index (χ1) is 24.3. The van der Waals surface area contributed by atoms with Gasteiger partial charge >= 0.3 is 115 Å². The van der Waals surface area contributed by atoms with Gasteiger partial charge in [-0.3, -0.25) is 19.5 Å². The first-order valence-electron chi connectivity index (χ1n) is 14.2. The van der Waals surface area contributed by atoms with Crippen LogP contribution in [0.4, 0.5) is 37.7 Å². The van der Waals surface area contributed by atoms with Crippen LogP contribution in [-0.2, 0) is 55.7 Å². The summed E-state index contributed by atoms with van der Waals surface area (Å²) in [6.45, 7) is 16.3. The summed E-state index contributed by atoms with van der Waals surface area (Å²) in [7, 11) is 0. The van der Waals surface area contributed by atoms with Gasteiger partial charge in [-0.15, -0.1) is 0 Å². The number of alkyl halides is 6. The molecule has 0 saturated carbocycles. The molecular formula is C32H32F6K2N8O7. The van der Waals surface area contributed by atoms with Gasteiger partial charge in [0.2, 0.25) is 0 Å². The number of H-pyrrole nitrogens is 1. The quantitative estimate of drug-likeness (QED) is 0.0382. The van der Waals surface area contributed by atoms with Crippen molar-refractivity contribution in [2.24, 2.45) is 0 Å². The molecule has 2 atom stereocenters. The van der Waals surface area contributed by atoms with Crippen LogP contribution in [0, 0.1) is 13.1 Å². The van der Waals surface area contributed by atoms with E-state index >= 15 is 0 Å². The van der Waals surface area contributed by atoms with E-state index in [0.29, 0.717) is 6.61 Å². The second-order valence-corrected chi connectivity index (χ2v) is 10.9. The van der Waals surface area contributed by atoms with Crippen LogP contribution in [0.1, 0.15) is 45.0 Å². The van der Waals surface area contributed by atoms with Crippen LogP contribution >= 0.6 is 0 Å². The van der Waals surface area contributed by atoms with Gasteiger partial charge < -0.3 is 21.4 Å². The van der Waals surface area contributed by atoms with E-state index < -0.39 is 58.3 Å². The summed E-state index contributed by atoms with van der Waals surface area (Å²) in [5.74, 6) is -0.919. The Morgan fingerprint density at radius 2 is 1.51 bits per heavy atom. The zero-order valence-electron chi connectivity index (χ0n) is 30.0. The first kappa shape index (κ1) is 54.3. The van der Waals surface area contributed by atoms with Crippen LogP contribution in [0.3, 0.4) is 0 Å². The van der Waals surface area contributed by atoms with E-state index in [9.17, 15) is 41.0 Å². The number of aromatic nitrogens is 6. The zero-order valence-corrected chi connectivity index (χ0v) is 35.2. The Bertz CT molecular complexity index is 1870. The van der Waals surface area contributed by atoms with Crippen LogP contribution in [0.5, 0.6) is 0 Å². The van der Waals surface area contributed by atoms with Gasteiger partial charge in [-0.2, -0.15) is 36.5 Å². The van der Waals surface area contributed by atoms with E-state index in [1.165, 1.54) is 49.0 Å². The van der Waals surface area contributed by atoms with Crippen molar-refractivity contribution in [2.75, 3.05) is 6.61 Å². The van der Waals surface area contributed by atoms with Crippen LogP contribution < -0.4 is 108 Å². The van der Waals surface area contributed by atoms with Gasteiger partial charge in [0.25, 0.3) is 6.47 Å². The molecule has 55 heavy (non-hydrogen) atoms. The molecule has 0 radical (unpaired) electrons. The van der Waals surface area contributed by atoms with Gasteiger partial charge in [0, 0.05) is 12.8 Å². The van der Waals surface area contributed by atoms with E-state index in [2.05, 4.69) is 39.8 Å². The summed E-state index contributed by atoms with van der Waals surface area (Å²) >= 11 is 0. The fraction of sp³-hybridized carbons (Fsp3) is 0.344. The van der Waals surface area contributed by atoms with Crippen LogP contribution in [0.25, 0.3) is 9.69 Å². The number of nitrogens with one attached hydrogen (secondary N) is 1. The molecule has 2 aromatic heterocycles. The van der Waals surface area contributed by atoms with Crippen molar-refractivity contribution in [3.8, 4) is 0 Å². The smallest absolute Gasteiger partial charge is 1.00 e. The molecule has 1 aliphatic rings. The molecule has 1 aliphatic heterocycles. The average Bonchev–Trinajstić information content (AvgIpc) is 3.45. The SMILES string of the molecule is C.O=CO[O-].[C-]#[N+]c1ccc(CC(=O)[C@@](C)(O)Cn2cncn2)cc1C(F)(F)F.[C-]#[N+]c1ccc(CC(=O)[C@]2(C)CO2)cc1C(F)(F)F.[H-].[K+].[K+].c1nc[nH]n1. The maximum atomic E-state index is 12.9. The van der Waals surface area contributed by atoms with E-state index in [1.807, 2.05) is 0 Å².